The zero-order chi connectivity index (χ0) is 31.0. The van der Waals surface area contributed by atoms with Crippen LogP contribution in [0.2, 0.25) is 18.1 Å². The molecule has 7 nitrogen and oxygen atoms in total. The van der Waals surface area contributed by atoms with E-state index in [1.54, 1.807) is 0 Å². The molecule has 0 unspecified atom stereocenters. The van der Waals surface area contributed by atoms with E-state index in [4.69, 9.17) is 4.43 Å². The molecular weight excluding hydrogens is 554 g/mol. The molecule has 3 heterocycles. The molecule has 2 bridgehead atoms. The maximum Gasteiger partial charge on any atom is 0.352 e. The SMILES string of the molecule is C[C@H](O)[C@H]1CC[C@@H]2[C@]1(C)CC[C@H]1[C@]23C=C[C@]2(C[C@@H](O[Si](C)(C)C(C)(C)C)C=C[C@]12C)n1c(=O)n(-c2ccccc2)c(=O)n13. The standard InChI is InChI=1S/C35H49N3O4Si/c1-23(39)26-14-15-27-32(26,5)18-17-28-33(6)19-16-25(42-43(7,8)31(2,3)4)22-34(33)20-21-35(27,28)38-30(41)36(29(40)37(34)38)24-12-10-9-11-13-24/h9-13,16,19-21,23,25-28,39H,14-15,17-18,22H2,1-8H3/t23-,25-,26+,27+,28+,32+,33+,34+,35-/m0/s1. The van der Waals surface area contributed by atoms with Gasteiger partial charge in [-0.25, -0.2) is 23.5 Å². The van der Waals surface area contributed by atoms with Crippen molar-refractivity contribution in [3.63, 3.8) is 0 Å². The number of hydrogen-bond acceptors (Lipinski definition) is 4. The molecule has 232 valence electrons. The summed E-state index contributed by atoms with van der Waals surface area (Å²) in [6.07, 6.45) is 13.1. The van der Waals surface area contributed by atoms with Crippen LogP contribution in [0.15, 0.2) is 64.2 Å². The first-order valence-corrected chi connectivity index (χ1v) is 19.3. The average molecular weight is 604 g/mol. The normalized spacial score (nSPS) is 40.1. The van der Waals surface area contributed by atoms with E-state index in [0.29, 0.717) is 12.1 Å². The molecule has 2 aromatic rings. The van der Waals surface area contributed by atoms with E-state index in [2.05, 4.69) is 72.0 Å². The molecule has 1 aromatic carbocycles. The zero-order valence-electron chi connectivity index (χ0n) is 27.1. The highest BCUT2D eigenvalue weighted by Crippen LogP contribution is 2.73. The summed E-state index contributed by atoms with van der Waals surface area (Å²) in [7, 11) is -2.11. The maximum absolute atomic E-state index is 14.8. The summed E-state index contributed by atoms with van der Waals surface area (Å²) < 4.78 is 12.2. The van der Waals surface area contributed by atoms with Gasteiger partial charge in [0.25, 0.3) is 0 Å². The summed E-state index contributed by atoms with van der Waals surface area (Å²) in [6, 6.07) is 9.38. The second kappa shape index (κ2) is 8.85. The first kappa shape index (κ1) is 29.3. The molecule has 8 heteroatoms. The van der Waals surface area contributed by atoms with Crippen LogP contribution < -0.4 is 11.4 Å². The minimum atomic E-state index is -2.11. The lowest BCUT2D eigenvalue weighted by molar-refractivity contribution is -0.168. The third-order valence-electron chi connectivity index (χ3n) is 13.5. The number of aromatic nitrogens is 3. The second-order valence-electron chi connectivity index (χ2n) is 16.3. The molecule has 0 radical (unpaired) electrons. The van der Waals surface area contributed by atoms with Crippen LogP contribution in [-0.2, 0) is 15.5 Å². The molecule has 4 aliphatic carbocycles. The first-order valence-electron chi connectivity index (χ1n) is 16.3. The molecule has 2 aliphatic heterocycles. The highest BCUT2D eigenvalue weighted by molar-refractivity contribution is 6.74. The molecule has 2 spiro atoms. The number of rotatable bonds is 4. The van der Waals surface area contributed by atoms with E-state index in [1.807, 2.05) is 46.6 Å². The molecule has 2 fully saturated rings. The third kappa shape index (κ3) is 3.43. The number of allylic oxidation sites excluding steroid dienone is 3. The number of benzene rings is 1. The fourth-order valence-electron chi connectivity index (χ4n) is 10.4. The van der Waals surface area contributed by atoms with E-state index in [9.17, 15) is 14.7 Å². The molecule has 43 heavy (non-hydrogen) atoms. The van der Waals surface area contributed by atoms with Crippen molar-refractivity contribution in [3.05, 3.63) is 75.6 Å². The topological polar surface area (TPSA) is 78.4 Å². The average Bonchev–Trinajstić information content (AvgIpc) is 3.43. The molecule has 1 aromatic heterocycles. The highest BCUT2D eigenvalue weighted by atomic mass is 28.4. The van der Waals surface area contributed by atoms with Crippen LogP contribution in [0.4, 0.5) is 0 Å². The van der Waals surface area contributed by atoms with Crippen molar-refractivity contribution >= 4 is 8.32 Å². The van der Waals surface area contributed by atoms with Gasteiger partial charge in [-0.1, -0.05) is 77.1 Å². The van der Waals surface area contributed by atoms with Crippen LogP contribution in [0.3, 0.4) is 0 Å². The van der Waals surface area contributed by atoms with Crippen molar-refractivity contribution in [1.29, 1.82) is 0 Å². The lowest BCUT2D eigenvalue weighted by atomic mass is 9.41. The van der Waals surface area contributed by atoms with Crippen LogP contribution in [0.25, 0.3) is 5.69 Å². The van der Waals surface area contributed by atoms with E-state index in [-0.39, 0.29) is 51.1 Å². The Kier molecular flexibility index (Phi) is 6.03. The van der Waals surface area contributed by atoms with Gasteiger partial charge in [-0.05, 0) is 86.0 Å². The minimum Gasteiger partial charge on any atom is -0.410 e. The minimum absolute atomic E-state index is 0.0512. The lowest BCUT2D eigenvalue weighted by Gasteiger charge is -2.70. The van der Waals surface area contributed by atoms with Gasteiger partial charge in [0.2, 0.25) is 0 Å². The summed E-state index contributed by atoms with van der Waals surface area (Å²) in [5.41, 5.74) is -1.82. The number of aliphatic hydroxyl groups is 1. The van der Waals surface area contributed by atoms with Crippen LogP contribution >= 0.6 is 0 Å². The maximum atomic E-state index is 14.8. The molecule has 0 saturated heterocycles. The molecule has 0 amide bonds. The zero-order valence-corrected chi connectivity index (χ0v) is 28.1. The summed E-state index contributed by atoms with van der Waals surface area (Å²) in [5.74, 6) is 0.443. The Morgan fingerprint density at radius 1 is 0.953 bits per heavy atom. The van der Waals surface area contributed by atoms with E-state index < -0.39 is 25.5 Å². The molecule has 6 aliphatic rings. The predicted molar refractivity (Wildman–Crippen MR) is 172 cm³/mol. The highest BCUT2D eigenvalue weighted by Gasteiger charge is 2.74. The van der Waals surface area contributed by atoms with Gasteiger partial charge in [0, 0.05) is 11.8 Å². The van der Waals surface area contributed by atoms with Gasteiger partial charge in [-0.2, -0.15) is 0 Å². The Bertz CT molecular complexity index is 1640. The number of aliphatic hydroxyl groups excluding tert-OH is 1. The van der Waals surface area contributed by atoms with Crippen molar-refractivity contribution in [3.8, 4) is 5.69 Å². The van der Waals surface area contributed by atoms with Crippen molar-refractivity contribution in [1.82, 2.24) is 13.9 Å². The van der Waals surface area contributed by atoms with Gasteiger partial charge in [0.05, 0.1) is 29.0 Å². The Morgan fingerprint density at radius 2 is 1.63 bits per heavy atom. The van der Waals surface area contributed by atoms with Crippen molar-refractivity contribution in [2.45, 2.75) is 115 Å². The molecule has 1 N–H and O–H groups in total. The first-order chi connectivity index (χ1) is 20.1. The molecule has 8 rings (SSSR count). The number of fused-ring (bicyclic) bond motifs is 1. The summed E-state index contributed by atoms with van der Waals surface area (Å²) in [4.78, 5) is 29.5. The fraction of sp³-hybridized carbons (Fsp3) is 0.657. The van der Waals surface area contributed by atoms with Crippen molar-refractivity contribution in [2.75, 3.05) is 0 Å². The van der Waals surface area contributed by atoms with Crippen molar-refractivity contribution in [2.24, 2.45) is 28.6 Å². The van der Waals surface area contributed by atoms with Crippen LogP contribution in [-0.4, -0.2) is 39.6 Å². The van der Waals surface area contributed by atoms with Crippen LogP contribution in [0, 0.1) is 28.6 Å². The Hall–Kier alpha value is -2.42. The summed E-state index contributed by atoms with van der Waals surface area (Å²) >= 11 is 0. The van der Waals surface area contributed by atoms with E-state index >= 15 is 0 Å². The van der Waals surface area contributed by atoms with Gasteiger partial charge in [0.15, 0.2) is 8.32 Å². The Labute approximate surface area is 256 Å². The second-order valence-corrected chi connectivity index (χ2v) is 21.1. The molecule has 9 atom stereocenters. The monoisotopic (exact) mass is 603 g/mol. The third-order valence-corrected chi connectivity index (χ3v) is 18.0. The van der Waals surface area contributed by atoms with Crippen LogP contribution in [0.1, 0.15) is 73.6 Å². The van der Waals surface area contributed by atoms with Gasteiger partial charge >= 0.3 is 11.4 Å². The van der Waals surface area contributed by atoms with E-state index in [0.717, 1.165) is 25.7 Å². The van der Waals surface area contributed by atoms with Gasteiger partial charge in [0.1, 0.15) is 0 Å². The number of para-hydroxylation sites is 1. The smallest absolute Gasteiger partial charge is 0.352 e. The number of hydrogen-bond donors (Lipinski definition) is 1. The van der Waals surface area contributed by atoms with Crippen LogP contribution in [0.5, 0.6) is 0 Å². The van der Waals surface area contributed by atoms with Crippen molar-refractivity contribution < 1.29 is 9.53 Å². The lowest BCUT2D eigenvalue weighted by Crippen LogP contribution is -2.76. The summed E-state index contributed by atoms with van der Waals surface area (Å²) in [5, 5.41) is 11.0. The van der Waals surface area contributed by atoms with Gasteiger partial charge in [-0.15, -0.1) is 0 Å². The largest absolute Gasteiger partial charge is 0.410 e. The molecule has 2 saturated carbocycles. The quantitative estimate of drug-likeness (QED) is 0.346. The number of nitrogens with zero attached hydrogens (tertiary/aromatic N) is 3. The predicted octanol–water partition coefficient (Wildman–Crippen LogP) is 5.95. The van der Waals surface area contributed by atoms with E-state index in [1.165, 1.54) is 4.57 Å². The fourth-order valence-corrected chi connectivity index (χ4v) is 11.7. The molecular formula is C35H49N3O4Si. The van der Waals surface area contributed by atoms with Gasteiger partial charge < -0.3 is 9.53 Å². The van der Waals surface area contributed by atoms with Gasteiger partial charge in [-0.3, -0.25) is 0 Å². The Balaban J connectivity index is 1.49. The Morgan fingerprint density at radius 3 is 2.28 bits per heavy atom. The summed E-state index contributed by atoms with van der Waals surface area (Å²) in [6.45, 7) is 17.9.